The number of halogens is 1. The zero-order valence-electron chi connectivity index (χ0n) is 15.3. The maximum absolute atomic E-state index is 13.3. The van der Waals surface area contributed by atoms with E-state index < -0.39 is 0 Å². The van der Waals surface area contributed by atoms with E-state index in [2.05, 4.69) is 20.4 Å². The van der Waals surface area contributed by atoms with Crippen molar-refractivity contribution in [1.82, 2.24) is 20.4 Å². The molecule has 3 rings (SSSR count). The van der Waals surface area contributed by atoms with Crippen molar-refractivity contribution < 1.29 is 14.0 Å². The maximum Gasteiger partial charge on any atom is 0.234 e. The Balaban J connectivity index is 1.33. The maximum atomic E-state index is 13.3. The molecule has 2 fully saturated rings. The van der Waals surface area contributed by atoms with E-state index in [1.165, 1.54) is 6.07 Å². The number of carbonyl (C=O) groups excluding carboxylic acids is 2. The van der Waals surface area contributed by atoms with Gasteiger partial charge in [-0.15, -0.1) is 0 Å². The average Bonchev–Trinajstić information content (AvgIpc) is 3.41. The molecule has 6 nitrogen and oxygen atoms in total. The summed E-state index contributed by atoms with van der Waals surface area (Å²) in [5.74, 6) is -0.163. The number of piperazine rings is 1. The van der Waals surface area contributed by atoms with Gasteiger partial charge >= 0.3 is 0 Å². The molecule has 0 bridgehead atoms. The third-order valence-electron chi connectivity index (χ3n) is 4.85. The Morgan fingerprint density at radius 1 is 1.08 bits per heavy atom. The van der Waals surface area contributed by atoms with Gasteiger partial charge in [-0.05, 0) is 37.0 Å². The van der Waals surface area contributed by atoms with Crippen molar-refractivity contribution in [1.29, 1.82) is 0 Å². The van der Waals surface area contributed by atoms with Crippen LogP contribution < -0.4 is 10.6 Å². The molecule has 1 aliphatic heterocycles. The van der Waals surface area contributed by atoms with Crippen molar-refractivity contribution in [2.24, 2.45) is 0 Å². The molecule has 1 aromatic rings. The van der Waals surface area contributed by atoms with E-state index in [-0.39, 0.29) is 17.6 Å². The van der Waals surface area contributed by atoms with Crippen molar-refractivity contribution in [3.8, 4) is 0 Å². The van der Waals surface area contributed by atoms with Gasteiger partial charge in [0.25, 0.3) is 0 Å². The summed E-state index contributed by atoms with van der Waals surface area (Å²) in [6.07, 6.45) is 2.21. The Morgan fingerprint density at radius 2 is 1.69 bits per heavy atom. The zero-order valence-corrected chi connectivity index (χ0v) is 15.3. The largest absolute Gasteiger partial charge is 0.352 e. The van der Waals surface area contributed by atoms with Crippen LogP contribution in [-0.2, 0) is 16.1 Å². The lowest BCUT2D eigenvalue weighted by molar-refractivity contribution is -0.125. The summed E-state index contributed by atoms with van der Waals surface area (Å²) in [5, 5.41) is 5.89. The molecule has 0 spiro atoms. The number of carbonyl (C=O) groups is 2. The summed E-state index contributed by atoms with van der Waals surface area (Å²) < 4.78 is 13.3. The standard InChI is InChI=1S/C19H27FN4O2/c1-14-10-15(2-5-17(14)20)11-21-18(25)12-23-6-8-24(9-7-23)13-19(26)22-16-3-4-16/h2,5,10,16H,3-4,6-9,11-13H2,1H3,(H,21,25)(H,22,26). The highest BCUT2D eigenvalue weighted by molar-refractivity contribution is 5.79. The Bertz CT molecular complexity index is 655. The molecule has 1 aliphatic carbocycles. The van der Waals surface area contributed by atoms with Crippen LogP contribution in [0.1, 0.15) is 24.0 Å². The Kier molecular flexibility index (Phi) is 6.21. The predicted octanol–water partition coefficient (Wildman–Crippen LogP) is 0.647. The lowest BCUT2D eigenvalue weighted by atomic mass is 10.1. The highest BCUT2D eigenvalue weighted by Gasteiger charge is 2.25. The molecule has 1 saturated carbocycles. The summed E-state index contributed by atoms with van der Waals surface area (Å²) in [7, 11) is 0. The number of aryl methyl sites for hydroxylation is 1. The molecule has 0 atom stereocenters. The van der Waals surface area contributed by atoms with Gasteiger partial charge in [-0.2, -0.15) is 0 Å². The van der Waals surface area contributed by atoms with Gasteiger partial charge < -0.3 is 10.6 Å². The molecule has 2 N–H and O–H groups in total. The van der Waals surface area contributed by atoms with E-state index in [9.17, 15) is 14.0 Å². The second-order valence-electron chi connectivity index (χ2n) is 7.25. The second-order valence-corrected chi connectivity index (χ2v) is 7.25. The molecular weight excluding hydrogens is 335 g/mol. The fourth-order valence-corrected chi connectivity index (χ4v) is 3.09. The summed E-state index contributed by atoms with van der Waals surface area (Å²) in [5.41, 5.74) is 1.47. The molecule has 0 radical (unpaired) electrons. The smallest absolute Gasteiger partial charge is 0.234 e. The summed E-state index contributed by atoms with van der Waals surface area (Å²) in [6.45, 7) is 6.06. The number of amides is 2. The lowest BCUT2D eigenvalue weighted by Gasteiger charge is -2.33. The quantitative estimate of drug-likeness (QED) is 0.748. The molecule has 2 aliphatic rings. The molecule has 26 heavy (non-hydrogen) atoms. The Labute approximate surface area is 153 Å². The lowest BCUT2D eigenvalue weighted by Crippen LogP contribution is -2.51. The molecule has 142 valence electrons. The molecule has 7 heteroatoms. The van der Waals surface area contributed by atoms with Crippen LogP contribution in [0.5, 0.6) is 0 Å². The Morgan fingerprint density at radius 3 is 2.27 bits per heavy atom. The molecule has 1 saturated heterocycles. The normalized spacial score (nSPS) is 18.5. The van der Waals surface area contributed by atoms with Gasteiger partial charge in [-0.25, -0.2) is 4.39 Å². The predicted molar refractivity (Wildman–Crippen MR) is 97.0 cm³/mol. The first-order chi connectivity index (χ1) is 12.5. The number of nitrogens with zero attached hydrogens (tertiary/aromatic N) is 2. The highest BCUT2D eigenvalue weighted by atomic mass is 19.1. The van der Waals surface area contributed by atoms with Crippen molar-refractivity contribution in [2.45, 2.75) is 32.4 Å². The van der Waals surface area contributed by atoms with Gasteiger partial charge in [0.1, 0.15) is 5.82 Å². The fourth-order valence-electron chi connectivity index (χ4n) is 3.09. The summed E-state index contributed by atoms with van der Waals surface area (Å²) in [6, 6.07) is 5.27. The van der Waals surface area contributed by atoms with Crippen LogP contribution in [0.2, 0.25) is 0 Å². The van der Waals surface area contributed by atoms with Crippen LogP contribution in [0.15, 0.2) is 18.2 Å². The molecule has 2 amide bonds. The zero-order chi connectivity index (χ0) is 18.5. The van der Waals surface area contributed by atoms with Gasteiger partial charge in [0.15, 0.2) is 0 Å². The molecule has 1 heterocycles. The third kappa shape index (κ3) is 5.78. The van der Waals surface area contributed by atoms with Gasteiger partial charge in [0, 0.05) is 38.8 Å². The van der Waals surface area contributed by atoms with E-state index in [1.807, 2.05) is 0 Å². The molecular formula is C19H27FN4O2. The number of hydrogen-bond acceptors (Lipinski definition) is 4. The van der Waals surface area contributed by atoms with E-state index in [0.29, 0.717) is 31.2 Å². The molecule has 0 unspecified atom stereocenters. The fraction of sp³-hybridized carbons (Fsp3) is 0.579. The minimum Gasteiger partial charge on any atom is -0.352 e. The number of rotatable bonds is 7. The number of hydrogen-bond donors (Lipinski definition) is 2. The first-order valence-corrected chi connectivity index (χ1v) is 9.25. The van der Waals surface area contributed by atoms with Gasteiger partial charge in [-0.3, -0.25) is 19.4 Å². The van der Waals surface area contributed by atoms with Crippen LogP contribution in [-0.4, -0.2) is 66.9 Å². The second kappa shape index (κ2) is 8.60. The van der Waals surface area contributed by atoms with Crippen molar-refractivity contribution >= 4 is 11.8 Å². The topological polar surface area (TPSA) is 64.7 Å². The van der Waals surface area contributed by atoms with Crippen LogP contribution in [0, 0.1) is 12.7 Å². The third-order valence-corrected chi connectivity index (χ3v) is 4.85. The first kappa shape index (κ1) is 18.8. The van der Waals surface area contributed by atoms with E-state index in [0.717, 1.165) is 44.6 Å². The minimum atomic E-state index is -0.233. The highest BCUT2D eigenvalue weighted by Crippen LogP contribution is 2.18. The van der Waals surface area contributed by atoms with Gasteiger partial charge in [-0.1, -0.05) is 12.1 Å². The summed E-state index contributed by atoms with van der Waals surface area (Å²) in [4.78, 5) is 28.2. The van der Waals surface area contributed by atoms with E-state index in [4.69, 9.17) is 0 Å². The van der Waals surface area contributed by atoms with Gasteiger partial charge in [0.2, 0.25) is 11.8 Å². The number of benzene rings is 1. The Hall–Kier alpha value is -1.99. The van der Waals surface area contributed by atoms with Gasteiger partial charge in [0.05, 0.1) is 13.1 Å². The minimum absolute atomic E-state index is 0.0353. The van der Waals surface area contributed by atoms with Crippen LogP contribution in [0.3, 0.4) is 0 Å². The first-order valence-electron chi connectivity index (χ1n) is 9.25. The van der Waals surface area contributed by atoms with Crippen molar-refractivity contribution in [2.75, 3.05) is 39.3 Å². The van der Waals surface area contributed by atoms with E-state index in [1.54, 1.807) is 19.1 Å². The van der Waals surface area contributed by atoms with Crippen LogP contribution in [0.4, 0.5) is 4.39 Å². The molecule has 1 aromatic carbocycles. The van der Waals surface area contributed by atoms with Crippen LogP contribution >= 0.6 is 0 Å². The van der Waals surface area contributed by atoms with Crippen LogP contribution in [0.25, 0.3) is 0 Å². The monoisotopic (exact) mass is 362 g/mol. The van der Waals surface area contributed by atoms with E-state index >= 15 is 0 Å². The van der Waals surface area contributed by atoms with Crippen molar-refractivity contribution in [3.63, 3.8) is 0 Å². The number of nitrogens with one attached hydrogen (secondary N) is 2. The molecule has 0 aromatic heterocycles. The summed E-state index contributed by atoms with van der Waals surface area (Å²) >= 11 is 0. The SMILES string of the molecule is Cc1cc(CNC(=O)CN2CCN(CC(=O)NC3CC3)CC2)ccc1F. The van der Waals surface area contributed by atoms with Crippen molar-refractivity contribution in [3.05, 3.63) is 35.1 Å². The average molecular weight is 362 g/mol.